The molecule has 0 bridgehead atoms. The van der Waals surface area contributed by atoms with E-state index in [9.17, 15) is 15.0 Å². The van der Waals surface area contributed by atoms with Gasteiger partial charge in [0.1, 0.15) is 0 Å². The predicted octanol–water partition coefficient (Wildman–Crippen LogP) is 7.45. The maximum atomic E-state index is 12.2. The van der Waals surface area contributed by atoms with Gasteiger partial charge in [0, 0.05) is 12.0 Å². The van der Waals surface area contributed by atoms with Crippen molar-refractivity contribution >= 4 is 11.7 Å². The van der Waals surface area contributed by atoms with E-state index >= 15 is 0 Å². The lowest BCUT2D eigenvalue weighted by molar-refractivity contribution is -0.122. The number of allylic oxidation sites excluding steroid dienone is 2. The van der Waals surface area contributed by atoms with Gasteiger partial charge in [-0.1, -0.05) is 94.7 Å². The van der Waals surface area contributed by atoms with Crippen molar-refractivity contribution < 1.29 is 15.0 Å². The molecule has 1 aromatic carbocycles. The van der Waals surface area contributed by atoms with Gasteiger partial charge in [-0.05, 0) is 44.1 Å². The summed E-state index contributed by atoms with van der Waals surface area (Å²) in [6.45, 7) is 2.12. The molecule has 35 heavy (non-hydrogen) atoms. The van der Waals surface area contributed by atoms with Crippen LogP contribution in [-0.4, -0.2) is 28.8 Å². The molecule has 0 radical (unpaired) electrons. The van der Waals surface area contributed by atoms with Crippen molar-refractivity contribution in [2.45, 2.75) is 109 Å². The molecule has 1 amide bonds. The Balaban J connectivity index is 2.09. The Labute approximate surface area is 212 Å². The molecule has 0 spiro atoms. The molecule has 3 N–H and O–H groups in total. The molecule has 1 aromatic rings. The fraction of sp³-hybridized carbons (Fsp3) is 0.621. The zero-order valence-electron chi connectivity index (χ0n) is 21.6. The van der Waals surface area contributed by atoms with Gasteiger partial charge in [0.25, 0.3) is 0 Å². The van der Waals surface area contributed by atoms with Crippen molar-refractivity contribution in [2.75, 3.05) is 6.61 Å². The molecule has 0 heterocycles. The Hall–Kier alpha value is -2.65. The number of aliphatic hydroxyl groups excluding tert-OH is 2. The van der Waals surface area contributed by atoms with Crippen LogP contribution in [0.4, 0.5) is 0 Å². The SMILES string of the molecule is CCCCCCCC/C=C\CCCCCCCC(=O)N[C@H](CO)Cc1ccc(/C(O)=C\[N+]#N)cc1. The highest BCUT2D eigenvalue weighted by molar-refractivity contribution is 5.76. The van der Waals surface area contributed by atoms with Gasteiger partial charge >= 0.3 is 6.20 Å². The van der Waals surface area contributed by atoms with Crippen LogP contribution in [0.5, 0.6) is 0 Å². The highest BCUT2D eigenvalue weighted by atomic mass is 16.3. The summed E-state index contributed by atoms with van der Waals surface area (Å²) in [5.41, 5.74) is 1.46. The molecule has 0 aliphatic carbocycles. The number of hydrogen-bond donors (Lipinski definition) is 3. The summed E-state index contributed by atoms with van der Waals surface area (Å²) >= 11 is 0. The maximum Gasteiger partial charge on any atom is 0.392 e. The first-order valence-electron chi connectivity index (χ1n) is 13.5. The van der Waals surface area contributed by atoms with E-state index in [0.717, 1.165) is 37.4 Å². The van der Waals surface area contributed by atoms with Crippen molar-refractivity contribution in [3.05, 3.63) is 58.7 Å². The molecule has 1 rings (SSSR count). The molecule has 0 unspecified atom stereocenters. The molecule has 0 saturated heterocycles. The topological polar surface area (TPSA) is 97.7 Å². The van der Waals surface area contributed by atoms with Gasteiger partial charge in [0.2, 0.25) is 17.1 Å². The number of carbonyl (C=O) groups is 1. The van der Waals surface area contributed by atoms with Gasteiger partial charge < -0.3 is 15.5 Å². The van der Waals surface area contributed by atoms with E-state index in [-0.39, 0.29) is 24.3 Å². The molecular formula is C29H46N3O3+. The number of nitrogens with zero attached hydrogens (tertiary/aromatic N) is 2. The summed E-state index contributed by atoms with van der Waals surface area (Å²) in [5, 5.41) is 30.7. The largest absolute Gasteiger partial charge is 0.501 e. The van der Waals surface area contributed by atoms with E-state index in [1.165, 1.54) is 57.8 Å². The summed E-state index contributed by atoms with van der Waals surface area (Å²) < 4.78 is 0. The smallest absolute Gasteiger partial charge is 0.392 e. The van der Waals surface area contributed by atoms with Crippen LogP contribution in [0.2, 0.25) is 0 Å². The molecular weight excluding hydrogens is 438 g/mol. The zero-order valence-corrected chi connectivity index (χ0v) is 21.6. The monoisotopic (exact) mass is 484 g/mol. The van der Waals surface area contributed by atoms with Crippen LogP contribution in [0.3, 0.4) is 0 Å². The second-order valence-electron chi connectivity index (χ2n) is 9.31. The fourth-order valence-electron chi connectivity index (χ4n) is 4.04. The molecule has 1 atom stereocenters. The van der Waals surface area contributed by atoms with Crippen LogP contribution in [0.1, 0.15) is 108 Å². The first-order valence-corrected chi connectivity index (χ1v) is 13.5. The number of hydrogen-bond acceptors (Lipinski definition) is 4. The van der Waals surface area contributed by atoms with Crippen LogP contribution < -0.4 is 5.32 Å². The third kappa shape index (κ3) is 15.8. The third-order valence-electron chi connectivity index (χ3n) is 6.16. The maximum absolute atomic E-state index is 12.2. The summed E-state index contributed by atoms with van der Waals surface area (Å²) in [7, 11) is 0. The Kier molecular flexibility index (Phi) is 18.0. The summed E-state index contributed by atoms with van der Waals surface area (Å²) in [5.74, 6) is -0.158. The predicted molar refractivity (Wildman–Crippen MR) is 144 cm³/mol. The van der Waals surface area contributed by atoms with E-state index in [4.69, 9.17) is 5.39 Å². The van der Waals surface area contributed by atoms with Gasteiger partial charge in [-0.15, -0.1) is 0 Å². The number of rotatable bonds is 20. The molecule has 0 fully saturated rings. The van der Waals surface area contributed by atoms with E-state index in [0.29, 0.717) is 18.4 Å². The summed E-state index contributed by atoms with van der Waals surface area (Å²) in [6, 6.07) is 6.69. The van der Waals surface area contributed by atoms with Crippen LogP contribution in [0.15, 0.2) is 42.6 Å². The van der Waals surface area contributed by atoms with Crippen molar-refractivity contribution in [1.29, 1.82) is 5.39 Å². The first kappa shape index (κ1) is 30.4. The molecule has 194 valence electrons. The zero-order chi connectivity index (χ0) is 25.6. The quantitative estimate of drug-likeness (QED) is 0.0774. The summed E-state index contributed by atoms with van der Waals surface area (Å²) in [4.78, 5) is 15.0. The fourth-order valence-corrected chi connectivity index (χ4v) is 4.04. The van der Waals surface area contributed by atoms with Crippen molar-refractivity contribution in [3.8, 4) is 0 Å². The van der Waals surface area contributed by atoms with E-state index < -0.39 is 0 Å². The highest BCUT2D eigenvalue weighted by Crippen LogP contribution is 2.14. The number of aliphatic hydroxyl groups is 2. The Morgan fingerprint density at radius 1 is 0.943 bits per heavy atom. The minimum atomic E-state index is -0.340. The number of carbonyl (C=O) groups excluding carboxylic acids is 1. The van der Waals surface area contributed by atoms with E-state index in [2.05, 4.69) is 29.4 Å². The van der Waals surface area contributed by atoms with Crippen LogP contribution >= 0.6 is 0 Å². The van der Waals surface area contributed by atoms with E-state index in [1.54, 1.807) is 12.1 Å². The third-order valence-corrected chi connectivity index (χ3v) is 6.16. The number of benzene rings is 1. The molecule has 0 aliphatic rings. The second-order valence-corrected chi connectivity index (χ2v) is 9.31. The van der Waals surface area contributed by atoms with Gasteiger partial charge in [-0.2, -0.15) is 0 Å². The Morgan fingerprint density at radius 3 is 2.09 bits per heavy atom. The lowest BCUT2D eigenvalue weighted by Crippen LogP contribution is -2.38. The molecule has 6 nitrogen and oxygen atoms in total. The van der Waals surface area contributed by atoms with Gasteiger partial charge in [0.05, 0.1) is 12.6 Å². The second kappa shape index (κ2) is 20.7. The lowest BCUT2D eigenvalue weighted by atomic mass is 10.0. The van der Waals surface area contributed by atoms with Crippen molar-refractivity contribution in [3.63, 3.8) is 0 Å². The van der Waals surface area contributed by atoms with Crippen LogP contribution in [0.25, 0.3) is 10.7 Å². The summed E-state index contributed by atoms with van der Waals surface area (Å²) in [6.07, 6.45) is 22.6. The average Bonchev–Trinajstić information content (AvgIpc) is 2.86. The van der Waals surface area contributed by atoms with Gasteiger partial charge in [-0.3, -0.25) is 4.79 Å². The van der Waals surface area contributed by atoms with Crippen molar-refractivity contribution in [2.24, 2.45) is 0 Å². The molecule has 0 aliphatic heterocycles. The minimum absolute atomic E-state index is 0.0246. The number of diazo groups is 1. The number of nitrogens with one attached hydrogen (secondary N) is 1. The highest BCUT2D eigenvalue weighted by Gasteiger charge is 2.13. The number of amides is 1. The molecule has 6 heteroatoms. The normalized spacial score (nSPS) is 12.5. The van der Waals surface area contributed by atoms with Gasteiger partial charge in [0.15, 0.2) is 4.98 Å². The number of unbranched alkanes of at least 4 members (excludes halogenated alkanes) is 11. The molecule has 0 saturated carbocycles. The van der Waals surface area contributed by atoms with Crippen molar-refractivity contribution in [1.82, 2.24) is 5.32 Å². The average molecular weight is 485 g/mol. The van der Waals surface area contributed by atoms with Crippen LogP contribution in [-0.2, 0) is 11.2 Å². The Bertz CT molecular complexity index is 781. The minimum Gasteiger partial charge on any atom is -0.501 e. The van der Waals surface area contributed by atoms with E-state index in [1.807, 2.05) is 12.1 Å². The first-order chi connectivity index (χ1) is 17.1. The molecule has 0 aromatic heterocycles. The van der Waals surface area contributed by atoms with Gasteiger partial charge in [-0.25, -0.2) is 0 Å². The van der Waals surface area contributed by atoms with Crippen LogP contribution in [0, 0.1) is 5.39 Å². The Morgan fingerprint density at radius 2 is 1.51 bits per heavy atom. The standard InChI is InChI=1S/C29H45N3O3/c1-2-3-4-5-6-7-8-9-10-11-12-13-14-15-16-17-29(35)32-27(24-33)22-25-18-20-26(21-19-25)28(34)23-31-30/h9-10,18-21,23,27,33H,2-8,11-17,22,24H2,1H3,(H-,32,34,35)/p+1/b10-9-,28-23+/t27-/m0/s1. The lowest BCUT2D eigenvalue weighted by Gasteiger charge is -2.16.